The lowest BCUT2D eigenvalue weighted by atomic mass is 10.3. The molecular formula is C11H10N4O3S. The number of nitriles is 1. The summed E-state index contributed by atoms with van der Waals surface area (Å²) in [5.41, 5.74) is 0.675. The molecule has 0 amide bonds. The van der Waals surface area contributed by atoms with E-state index in [-0.39, 0.29) is 11.6 Å². The first-order valence-corrected chi connectivity index (χ1v) is 6.92. The fourth-order valence-electron chi connectivity index (χ4n) is 1.40. The Kier molecular flexibility index (Phi) is 3.48. The summed E-state index contributed by atoms with van der Waals surface area (Å²) in [4.78, 5) is 3.82. The van der Waals surface area contributed by atoms with Crippen LogP contribution in [0.25, 0.3) is 0 Å². The third-order valence-electron chi connectivity index (χ3n) is 2.17. The van der Waals surface area contributed by atoms with Crippen molar-refractivity contribution in [1.29, 1.82) is 5.26 Å². The molecule has 19 heavy (non-hydrogen) atoms. The normalized spacial score (nSPS) is 10.9. The van der Waals surface area contributed by atoms with Crippen LogP contribution in [0.3, 0.4) is 0 Å². The van der Waals surface area contributed by atoms with Crippen molar-refractivity contribution in [3.8, 4) is 6.07 Å². The van der Waals surface area contributed by atoms with Gasteiger partial charge in [-0.05, 0) is 19.1 Å². The van der Waals surface area contributed by atoms with E-state index < -0.39 is 10.0 Å². The van der Waals surface area contributed by atoms with Crippen molar-refractivity contribution in [3.63, 3.8) is 0 Å². The molecular weight excluding hydrogens is 268 g/mol. The van der Waals surface area contributed by atoms with Gasteiger partial charge < -0.3 is 4.52 Å². The van der Waals surface area contributed by atoms with Crippen LogP contribution >= 0.6 is 0 Å². The maximum atomic E-state index is 11.8. The number of nitrogens with zero attached hydrogens (tertiary/aromatic N) is 3. The number of hydrogen-bond acceptors (Lipinski definition) is 6. The molecule has 2 rings (SSSR count). The minimum Gasteiger partial charge on any atom is -0.361 e. The van der Waals surface area contributed by atoms with Gasteiger partial charge in [0.1, 0.15) is 29.1 Å². The highest BCUT2D eigenvalue weighted by Crippen LogP contribution is 2.11. The highest BCUT2D eigenvalue weighted by atomic mass is 32.2. The quantitative estimate of drug-likeness (QED) is 0.899. The van der Waals surface area contributed by atoms with Crippen LogP contribution in [0.15, 0.2) is 28.9 Å². The van der Waals surface area contributed by atoms with Gasteiger partial charge in [-0.3, -0.25) is 4.72 Å². The minimum absolute atomic E-state index is 0.152. The number of rotatable bonds is 4. The molecule has 0 unspecified atom stereocenters. The van der Waals surface area contributed by atoms with Crippen LogP contribution in [0.4, 0.5) is 5.82 Å². The van der Waals surface area contributed by atoms with Gasteiger partial charge >= 0.3 is 0 Å². The highest BCUT2D eigenvalue weighted by Gasteiger charge is 2.15. The molecule has 0 saturated heterocycles. The Morgan fingerprint density at radius 1 is 1.47 bits per heavy atom. The molecule has 0 aliphatic carbocycles. The van der Waals surface area contributed by atoms with E-state index in [0.717, 1.165) is 0 Å². The third kappa shape index (κ3) is 3.53. The minimum atomic E-state index is -3.61. The number of sulfonamides is 1. The second-order valence-corrected chi connectivity index (χ2v) is 5.56. The van der Waals surface area contributed by atoms with Gasteiger partial charge in [0.05, 0.1) is 5.56 Å². The molecule has 98 valence electrons. The Hall–Kier alpha value is -2.40. The summed E-state index contributed by atoms with van der Waals surface area (Å²) < 4.78 is 30.8. The van der Waals surface area contributed by atoms with E-state index in [2.05, 4.69) is 14.9 Å². The van der Waals surface area contributed by atoms with Gasteiger partial charge in [-0.2, -0.15) is 5.26 Å². The van der Waals surface area contributed by atoms with Crippen molar-refractivity contribution in [2.75, 3.05) is 4.72 Å². The number of aryl methyl sites for hydroxylation is 1. The molecule has 0 fully saturated rings. The summed E-state index contributed by atoms with van der Waals surface area (Å²) in [5.74, 6) is 0.396. The van der Waals surface area contributed by atoms with Crippen molar-refractivity contribution in [2.24, 2.45) is 0 Å². The summed E-state index contributed by atoms with van der Waals surface area (Å²) in [5, 5.41) is 12.2. The van der Waals surface area contributed by atoms with Gasteiger partial charge in [0.15, 0.2) is 0 Å². The van der Waals surface area contributed by atoms with Crippen LogP contribution in [-0.2, 0) is 15.8 Å². The first kappa shape index (κ1) is 13.0. The van der Waals surface area contributed by atoms with Gasteiger partial charge in [-0.15, -0.1) is 0 Å². The molecule has 0 atom stereocenters. The van der Waals surface area contributed by atoms with Crippen LogP contribution < -0.4 is 4.72 Å². The van der Waals surface area contributed by atoms with Gasteiger partial charge in [0, 0.05) is 12.3 Å². The molecule has 0 radical (unpaired) electrons. The predicted octanol–water partition coefficient (Wildman–Crippen LogP) is 1.19. The number of aromatic nitrogens is 2. The summed E-state index contributed by atoms with van der Waals surface area (Å²) in [6, 6.07) is 6.34. The third-order valence-corrected chi connectivity index (χ3v) is 3.36. The molecule has 0 spiro atoms. The second kappa shape index (κ2) is 5.07. The zero-order chi connectivity index (χ0) is 13.9. The van der Waals surface area contributed by atoms with Gasteiger partial charge in [-0.1, -0.05) is 5.16 Å². The number of pyridine rings is 1. The monoisotopic (exact) mass is 278 g/mol. The lowest BCUT2D eigenvalue weighted by molar-refractivity contribution is 0.392. The summed E-state index contributed by atoms with van der Waals surface area (Å²) in [6.45, 7) is 1.68. The fourth-order valence-corrected chi connectivity index (χ4v) is 2.43. The van der Waals surface area contributed by atoms with E-state index >= 15 is 0 Å². The molecule has 7 nitrogen and oxygen atoms in total. The van der Waals surface area contributed by atoms with Crippen molar-refractivity contribution >= 4 is 15.8 Å². The predicted molar refractivity (Wildman–Crippen MR) is 66.4 cm³/mol. The van der Waals surface area contributed by atoms with E-state index in [1.165, 1.54) is 18.3 Å². The number of hydrogen-bond donors (Lipinski definition) is 1. The Bertz CT molecular complexity index is 713. The van der Waals surface area contributed by atoms with E-state index in [1.54, 1.807) is 13.0 Å². The lowest BCUT2D eigenvalue weighted by Gasteiger charge is -2.05. The molecule has 0 aliphatic heterocycles. The van der Waals surface area contributed by atoms with Crippen molar-refractivity contribution in [3.05, 3.63) is 41.4 Å². The maximum absolute atomic E-state index is 11.8. The largest absolute Gasteiger partial charge is 0.361 e. The van der Waals surface area contributed by atoms with E-state index in [4.69, 9.17) is 9.78 Å². The smallest absolute Gasteiger partial charge is 0.239 e. The average Bonchev–Trinajstić information content (AvgIpc) is 2.74. The zero-order valence-corrected chi connectivity index (χ0v) is 10.8. The van der Waals surface area contributed by atoms with Crippen molar-refractivity contribution in [2.45, 2.75) is 12.7 Å². The van der Waals surface area contributed by atoms with Crippen LogP contribution in [0.5, 0.6) is 0 Å². The zero-order valence-electron chi connectivity index (χ0n) is 9.99. The maximum Gasteiger partial charge on any atom is 0.239 e. The molecule has 0 aromatic carbocycles. The standard InChI is InChI=1S/C11H10N4O3S/c1-8-4-10(14-18-8)7-19(16,17)15-11-3-2-9(5-12)6-13-11/h2-4,6H,7H2,1H3,(H,13,15). The van der Waals surface area contributed by atoms with Gasteiger partial charge in [0.25, 0.3) is 0 Å². The summed E-state index contributed by atoms with van der Waals surface area (Å²) >= 11 is 0. The lowest BCUT2D eigenvalue weighted by Crippen LogP contribution is -2.16. The molecule has 2 aromatic heterocycles. The Labute approximate surface area is 109 Å². The Morgan fingerprint density at radius 3 is 2.79 bits per heavy atom. The molecule has 2 aromatic rings. The number of nitrogens with one attached hydrogen (secondary N) is 1. The molecule has 8 heteroatoms. The van der Waals surface area contributed by atoms with Crippen LogP contribution in [0, 0.1) is 18.3 Å². The van der Waals surface area contributed by atoms with E-state index in [9.17, 15) is 8.42 Å². The SMILES string of the molecule is Cc1cc(CS(=O)(=O)Nc2ccc(C#N)cn2)no1. The number of anilines is 1. The average molecular weight is 278 g/mol. The van der Waals surface area contributed by atoms with Crippen LogP contribution in [0.2, 0.25) is 0 Å². The molecule has 0 saturated carbocycles. The molecule has 0 aliphatic rings. The Balaban J connectivity index is 2.10. The van der Waals surface area contributed by atoms with Gasteiger partial charge in [0.2, 0.25) is 10.0 Å². The van der Waals surface area contributed by atoms with E-state index in [0.29, 0.717) is 17.0 Å². The van der Waals surface area contributed by atoms with Crippen LogP contribution in [-0.4, -0.2) is 18.6 Å². The topological polar surface area (TPSA) is 109 Å². The molecule has 1 N–H and O–H groups in total. The van der Waals surface area contributed by atoms with Gasteiger partial charge in [-0.25, -0.2) is 13.4 Å². The second-order valence-electron chi connectivity index (χ2n) is 3.83. The summed E-state index contributed by atoms with van der Waals surface area (Å²) in [7, 11) is -3.61. The molecule has 2 heterocycles. The highest BCUT2D eigenvalue weighted by molar-refractivity contribution is 7.91. The van der Waals surface area contributed by atoms with Crippen molar-refractivity contribution in [1.82, 2.24) is 10.1 Å². The van der Waals surface area contributed by atoms with Crippen LogP contribution in [0.1, 0.15) is 17.0 Å². The Morgan fingerprint density at radius 2 is 2.26 bits per heavy atom. The summed E-state index contributed by atoms with van der Waals surface area (Å²) in [6.07, 6.45) is 1.29. The van der Waals surface area contributed by atoms with Crippen molar-refractivity contribution < 1.29 is 12.9 Å². The van der Waals surface area contributed by atoms with E-state index in [1.807, 2.05) is 6.07 Å². The molecule has 0 bridgehead atoms. The fraction of sp³-hybridized carbons (Fsp3) is 0.182. The first-order valence-electron chi connectivity index (χ1n) is 5.27. The first-order chi connectivity index (χ1) is 8.98.